The van der Waals surface area contributed by atoms with Gasteiger partial charge in [-0.2, -0.15) is 0 Å². The molecule has 5 rings (SSSR count). The van der Waals surface area contributed by atoms with Crippen molar-refractivity contribution < 1.29 is 9.50 Å². The second-order valence-corrected chi connectivity index (χ2v) is 9.74. The van der Waals surface area contributed by atoms with E-state index < -0.39 is 6.17 Å². The number of aromatic hydroxyl groups is 1. The number of rotatable bonds is 4. The van der Waals surface area contributed by atoms with Gasteiger partial charge in [0, 0.05) is 36.5 Å². The summed E-state index contributed by atoms with van der Waals surface area (Å²) in [6.45, 7) is 4.34. The van der Waals surface area contributed by atoms with E-state index in [1.165, 1.54) is 0 Å². The Morgan fingerprint density at radius 2 is 2.06 bits per heavy atom. The topological polar surface area (TPSA) is 80.0 Å². The zero-order valence-corrected chi connectivity index (χ0v) is 18.0. The Labute approximate surface area is 181 Å². The lowest BCUT2D eigenvalue weighted by atomic mass is 9.67. The Morgan fingerprint density at radius 3 is 2.74 bits per heavy atom. The molecule has 31 heavy (non-hydrogen) atoms. The highest BCUT2D eigenvalue weighted by atomic mass is 19.1. The predicted molar refractivity (Wildman–Crippen MR) is 116 cm³/mol. The molecule has 0 aliphatic heterocycles. The van der Waals surface area contributed by atoms with Crippen LogP contribution in [0, 0.1) is 10.8 Å². The smallest absolute Gasteiger partial charge is 0.245 e. The van der Waals surface area contributed by atoms with E-state index in [1.807, 2.05) is 18.0 Å². The molecule has 0 saturated heterocycles. The fraction of sp³-hybridized carbons (Fsp3) is 0.478. The average molecular weight is 423 g/mol. The number of fused-ring (bicyclic) bond motifs is 2. The Morgan fingerprint density at radius 1 is 1.23 bits per heavy atom. The third-order valence-electron chi connectivity index (χ3n) is 7.26. The van der Waals surface area contributed by atoms with E-state index >= 15 is 4.39 Å². The lowest BCUT2D eigenvalue weighted by Crippen LogP contribution is -2.52. The number of nitrogens with zero attached hydrogens (tertiary/aromatic N) is 6. The van der Waals surface area contributed by atoms with Crippen molar-refractivity contribution in [1.29, 1.82) is 0 Å². The van der Waals surface area contributed by atoms with Crippen molar-refractivity contribution in [1.82, 2.24) is 24.7 Å². The minimum absolute atomic E-state index is 0.0805. The Hall–Kier alpha value is -3.03. The first-order chi connectivity index (χ1) is 14.8. The first kappa shape index (κ1) is 19.9. The Kier molecular flexibility index (Phi) is 4.50. The van der Waals surface area contributed by atoms with Crippen molar-refractivity contribution in [3.05, 3.63) is 43.1 Å². The lowest BCUT2D eigenvalue weighted by Gasteiger charge is -2.46. The number of imidazole rings is 1. The van der Waals surface area contributed by atoms with Crippen molar-refractivity contribution in [2.75, 3.05) is 11.9 Å². The van der Waals surface area contributed by atoms with Gasteiger partial charge in [-0.05, 0) is 43.2 Å². The molecule has 0 radical (unpaired) electrons. The van der Waals surface area contributed by atoms with Gasteiger partial charge < -0.3 is 14.6 Å². The number of phenols is 1. The molecule has 3 aromatic rings. The van der Waals surface area contributed by atoms with E-state index in [4.69, 9.17) is 0 Å². The van der Waals surface area contributed by atoms with Crippen LogP contribution < -0.4 is 4.90 Å². The minimum atomic E-state index is -0.920. The first-order valence-corrected chi connectivity index (χ1v) is 10.7. The van der Waals surface area contributed by atoms with Crippen LogP contribution in [0.1, 0.15) is 39.5 Å². The van der Waals surface area contributed by atoms with Crippen LogP contribution in [0.4, 0.5) is 10.3 Å². The average Bonchev–Trinajstić information content (AvgIpc) is 3.38. The minimum Gasteiger partial charge on any atom is -0.507 e. The molecule has 1 N–H and O–H groups in total. The quantitative estimate of drug-likeness (QED) is 0.680. The molecule has 7 nitrogen and oxygen atoms in total. The third kappa shape index (κ3) is 3.34. The third-order valence-corrected chi connectivity index (χ3v) is 7.26. The van der Waals surface area contributed by atoms with E-state index in [0.717, 1.165) is 31.4 Å². The molecule has 1 aromatic carbocycles. The fourth-order valence-electron chi connectivity index (χ4n) is 5.57. The van der Waals surface area contributed by atoms with Crippen LogP contribution in [0.5, 0.6) is 5.75 Å². The van der Waals surface area contributed by atoms with Crippen LogP contribution in [0.3, 0.4) is 0 Å². The van der Waals surface area contributed by atoms with Gasteiger partial charge >= 0.3 is 0 Å². The molecule has 2 aliphatic rings. The van der Waals surface area contributed by atoms with Gasteiger partial charge in [0.25, 0.3) is 0 Å². The molecule has 2 aliphatic carbocycles. The lowest BCUT2D eigenvalue weighted by molar-refractivity contribution is 0.0378. The first-order valence-electron chi connectivity index (χ1n) is 10.7. The fourth-order valence-corrected chi connectivity index (χ4v) is 5.57. The van der Waals surface area contributed by atoms with Crippen molar-refractivity contribution in [2.45, 2.75) is 51.7 Å². The molecule has 0 amide bonds. The Bertz CT molecular complexity index is 1090. The molecule has 0 spiro atoms. The van der Waals surface area contributed by atoms with Gasteiger partial charge in [0.05, 0.1) is 24.3 Å². The van der Waals surface area contributed by atoms with E-state index in [2.05, 4.69) is 34.0 Å². The molecule has 2 bridgehead atoms. The van der Waals surface area contributed by atoms with Crippen molar-refractivity contribution in [3.8, 4) is 22.7 Å². The van der Waals surface area contributed by atoms with Crippen LogP contribution >= 0.6 is 0 Å². The van der Waals surface area contributed by atoms with Crippen LogP contribution in [0.15, 0.2) is 43.1 Å². The predicted octanol–water partition coefficient (Wildman–Crippen LogP) is 4.17. The zero-order valence-electron chi connectivity index (χ0n) is 18.0. The van der Waals surface area contributed by atoms with E-state index in [0.29, 0.717) is 17.2 Å². The van der Waals surface area contributed by atoms with Crippen molar-refractivity contribution in [3.63, 3.8) is 0 Å². The number of hydrogen-bond donors (Lipinski definition) is 1. The van der Waals surface area contributed by atoms with Gasteiger partial charge in [0.1, 0.15) is 17.6 Å². The summed E-state index contributed by atoms with van der Waals surface area (Å²) in [6, 6.07) is 5.02. The molecule has 0 unspecified atom stereocenters. The van der Waals surface area contributed by atoms with Gasteiger partial charge in [-0.3, -0.25) is 0 Å². The summed E-state index contributed by atoms with van der Waals surface area (Å²) in [4.78, 5) is 10.3. The van der Waals surface area contributed by atoms with Gasteiger partial charge in [-0.25, -0.2) is 14.4 Å². The molecule has 8 heteroatoms. The summed E-state index contributed by atoms with van der Waals surface area (Å²) >= 11 is 0. The van der Waals surface area contributed by atoms with Crippen molar-refractivity contribution in [2.24, 2.45) is 10.8 Å². The number of hydrogen-bond acceptors (Lipinski definition) is 6. The summed E-state index contributed by atoms with van der Waals surface area (Å²) in [7, 11) is 1.85. The molecule has 4 atom stereocenters. The van der Waals surface area contributed by atoms with Crippen LogP contribution in [-0.4, -0.2) is 49.1 Å². The largest absolute Gasteiger partial charge is 0.507 e. The highest BCUT2D eigenvalue weighted by Crippen LogP contribution is 2.59. The van der Waals surface area contributed by atoms with E-state index in [1.54, 1.807) is 41.6 Å². The number of alkyl halides is 1. The number of phenolic OH excluding ortho intramolecular Hbond substituents is 1. The molecule has 2 heterocycles. The summed E-state index contributed by atoms with van der Waals surface area (Å²) < 4.78 is 17.2. The van der Waals surface area contributed by atoms with Gasteiger partial charge in [-0.15, -0.1) is 10.2 Å². The van der Waals surface area contributed by atoms with Crippen LogP contribution in [-0.2, 0) is 0 Å². The Balaban J connectivity index is 1.38. The van der Waals surface area contributed by atoms with E-state index in [-0.39, 0.29) is 22.6 Å². The monoisotopic (exact) mass is 422 g/mol. The van der Waals surface area contributed by atoms with Crippen molar-refractivity contribution >= 4 is 5.95 Å². The molecular formula is C23H27FN6O. The second kappa shape index (κ2) is 7.00. The molecule has 2 saturated carbocycles. The van der Waals surface area contributed by atoms with Gasteiger partial charge in [0.2, 0.25) is 5.95 Å². The number of aromatic nitrogens is 5. The maximum absolute atomic E-state index is 15.4. The number of halogens is 1. The highest BCUT2D eigenvalue weighted by molar-refractivity contribution is 5.68. The molecule has 162 valence electrons. The second-order valence-electron chi connectivity index (χ2n) is 9.74. The van der Waals surface area contributed by atoms with E-state index in [9.17, 15) is 5.11 Å². The normalized spacial score (nSPS) is 29.8. The summed E-state index contributed by atoms with van der Waals surface area (Å²) in [5.74, 6) is 0.483. The molecule has 2 aromatic heterocycles. The maximum Gasteiger partial charge on any atom is 0.245 e. The standard InChI is InChI=1S/C23H27FN6O/c1-22-6-7-23(2,13-22)20(24)18(11-22)29(3)21-26-12-17(27-28-21)16-5-4-15(10-19(16)31)30-9-8-25-14-30/h4-5,8-10,12,14,18,20,31H,6-7,11,13H2,1-3H3/t18-,20-,22-,23-/m0/s1. The summed E-state index contributed by atoms with van der Waals surface area (Å²) in [6.07, 6.45) is 9.54. The number of benzene rings is 1. The summed E-state index contributed by atoms with van der Waals surface area (Å²) in [5.41, 5.74) is 1.69. The summed E-state index contributed by atoms with van der Waals surface area (Å²) in [5, 5.41) is 19.0. The molecular weight excluding hydrogens is 395 g/mol. The maximum atomic E-state index is 15.4. The highest BCUT2D eigenvalue weighted by Gasteiger charge is 2.56. The zero-order chi connectivity index (χ0) is 21.8. The number of anilines is 1. The SMILES string of the molecule is CN(c1ncc(-c2ccc(-n3ccnc3)cc2O)nn1)[C@H]1C[C@]2(C)CC[C@@](C)(C2)[C@H]1F. The van der Waals surface area contributed by atoms with Crippen LogP contribution in [0.2, 0.25) is 0 Å². The van der Waals surface area contributed by atoms with Gasteiger partial charge in [-0.1, -0.05) is 13.8 Å². The molecule has 2 fully saturated rings. The van der Waals surface area contributed by atoms with Gasteiger partial charge in [0.15, 0.2) is 0 Å². The van der Waals surface area contributed by atoms with Crippen LogP contribution in [0.25, 0.3) is 16.9 Å².